The SMILES string of the molecule is CC[C@H](C)c1nc(C)c(Cc2ccc(C)cc2)c(N2CCN(C(=O)C(C)C)CC2)n1. The van der Waals surface area contributed by atoms with Gasteiger partial charge in [0.2, 0.25) is 5.91 Å². The Bertz CT molecular complexity index is 867. The molecule has 1 aliphatic rings. The average molecular weight is 409 g/mol. The number of piperazine rings is 1. The predicted octanol–water partition coefficient (Wildman–Crippen LogP) is 4.50. The first-order valence-corrected chi connectivity index (χ1v) is 11.3. The van der Waals surface area contributed by atoms with Gasteiger partial charge in [-0.25, -0.2) is 9.97 Å². The van der Waals surface area contributed by atoms with E-state index >= 15 is 0 Å². The quantitative estimate of drug-likeness (QED) is 0.706. The molecule has 0 spiro atoms. The van der Waals surface area contributed by atoms with Gasteiger partial charge in [0, 0.05) is 55.7 Å². The molecule has 5 heteroatoms. The first kappa shape index (κ1) is 22.3. The number of aromatic nitrogens is 2. The van der Waals surface area contributed by atoms with Gasteiger partial charge in [-0.1, -0.05) is 57.5 Å². The summed E-state index contributed by atoms with van der Waals surface area (Å²) in [6.07, 6.45) is 1.85. The number of anilines is 1. The molecule has 0 radical (unpaired) electrons. The van der Waals surface area contributed by atoms with E-state index in [1.54, 1.807) is 0 Å². The monoisotopic (exact) mass is 408 g/mol. The summed E-state index contributed by atoms with van der Waals surface area (Å²) in [5, 5.41) is 0. The second-order valence-corrected chi connectivity index (χ2v) is 8.91. The van der Waals surface area contributed by atoms with E-state index in [0.717, 1.165) is 56.4 Å². The van der Waals surface area contributed by atoms with Crippen LogP contribution in [0.3, 0.4) is 0 Å². The molecule has 2 heterocycles. The van der Waals surface area contributed by atoms with E-state index < -0.39 is 0 Å². The first-order chi connectivity index (χ1) is 14.3. The summed E-state index contributed by atoms with van der Waals surface area (Å²) in [6, 6.07) is 8.71. The lowest BCUT2D eigenvalue weighted by atomic mass is 10.0. The third-order valence-corrected chi connectivity index (χ3v) is 6.15. The molecule has 1 saturated heterocycles. The molecule has 1 atom stereocenters. The van der Waals surface area contributed by atoms with Crippen LogP contribution < -0.4 is 4.90 Å². The van der Waals surface area contributed by atoms with E-state index in [-0.39, 0.29) is 11.8 Å². The van der Waals surface area contributed by atoms with Gasteiger partial charge < -0.3 is 9.80 Å². The van der Waals surface area contributed by atoms with Crippen LogP contribution in [0.15, 0.2) is 24.3 Å². The lowest BCUT2D eigenvalue weighted by Gasteiger charge is -2.37. The van der Waals surface area contributed by atoms with Crippen molar-refractivity contribution in [1.29, 1.82) is 0 Å². The van der Waals surface area contributed by atoms with Crippen molar-refractivity contribution < 1.29 is 4.79 Å². The first-order valence-electron chi connectivity index (χ1n) is 11.3. The normalized spacial score (nSPS) is 15.6. The highest BCUT2D eigenvalue weighted by Gasteiger charge is 2.26. The van der Waals surface area contributed by atoms with Gasteiger partial charge in [-0.2, -0.15) is 0 Å². The van der Waals surface area contributed by atoms with Crippen molar-refractivity contribution >= 4 is 11.7 Å². The molecule has 0 saturated carbocycles. The number of amides is 1. The average Bonchev–Trinajstić information content (AvgIpc) is 2.75. The highest BCUT2D eigenvalue weighted by Crippen LogP contribution is 2.28. The lowest BCUT2D eigenvalue weighted by molar-refractivity contribution is -0.134. The number of hydrogen-bond acceptors (Lipinski definition) is 4. The van der Waals surface area contributed by atoms with Gasteiger partial charge in [0.1, 0.15) is 11.6 Å². The molecule has 0 bridgehead atoms. The fourth-order valence-corrected chi connectivity index (χ4v) is 3.89. The second kappa shape index (κ2) is 9.59. The maximum Gasteiger partial charge on any atom is 0.225 e. The molecule has 3 rings (SSSR count). The van der Waals surface area contributed by atoms with E-state index in [0.29, 0.717) is 5.92 Å². The van der Waals surface area contributed by atoms with Gasteiger partial charge in [0.05, 0.1) is 0 Å². The summed E-state index contributed by atoms with van der Waals surface area (Å²) in [5.41, 5.74) is 4.81. The number of hydrogen-bond donors (Lipinski definition) is 0. The van der Waals surface area contributed by atoms with Gasteiger partial charge in [0.15, 0.2) is 0 Å². The Morgan fingerprint density at radius 1 is 1.00 bits per heavy atom. The maximum absolute atomic E-state index is 12.4. The Hall–Kier alpha value is -2.43. The Labute approximate surface area is 181 Å². The number of rotatable bonds is 6. The Morgan fingerprint density at radius 2 is 1.63 bits per heavy atom. The van der Waals surface area contributed by atoms with Crippen LogP contribution in [0.2, 0.25) is 0 Å². The lowest BCUT2D eigenvalue weighted by Crippen LogP contribution is -2.50. The third kappa shape index (κ3) is 5.00. The molecule has 0 aliphatic carbocycles. The third-order valence-electron chi connectivity index (χ3n) is 6.15. The number of benzene rings is 1. The molecule has 0 N–H and O–H groups in total. The second-order valence-electron chi connectivity index (χ2n) is 8.91. The molecule has 5 nitrogen and oxygen atoms in total. The Morgan fingerprint density at radius 3 is 2.20 bits per heavy atom. The highest BCUT2D eigenvalue weighted by molar-refractivity contribution is 5.78. The summed E-state index contributed by atoms with van der Waals surface area (Å²) >= 11 is 0. The molecule has 162 valence electrons. The standard InChI is InChI=1S/C25H36N4O/c1-7-19(5)23-26-20(6)22(16-21-10-8-18(4)9-11-21)24(27-23)28-12-14-29(15-13-28)25(30)17(2)3/h8-11,17,19H,7,12-16H2,1-6H3/t19-/m0/s1. The van der Waals surface area contributed by atoms with Crippen LogP contribution in [-0.4, -0.2) is 47.0 Å². The minimum Gasteiger partial charge on any atom is -0.353 e. The molecule has 1 aliphatic heterocycles. The van der Waals surface area contributed by atoms with Crippen LogP contribution in [0.4, 0.5) is 5.82 Å². The molecule has 1 aromatic heterocycles. The van der Waals surface area contributed by atoms with Crippen LogP contribution in [0.5, 0.6) is 0 Å². The highest BCUT2D eigenvalue weighted by atomic mass is 16.2. The molecule has 1 amide bonds. The van der Waals surface area contributed by atoms with Gasteiger partial charge in [0.25, 0.3) is 0 Å². The minimum atomic E-state index is 0.0481. The van der Waals surface area contributed by atoms with E-state index in [4.69, 9.17) is 9.97 Å². The Kier molecular flexibility index (Phi) is 7.11. The molecule has 1 aromatic carbocycles. The van der Waals surface area contributed by atoms with E-state index in [2.05, 4.69) is 56.9 Å². The number of aryl methyl sites for hydroxylation is 2. The smallest absolute Gasteiger partial charge is 0.225 e. The van der Waals surface area contributed by atoms with Gasteiger partial charge in [-0.15, -0.1) is 0 Å². The van der Waals surface area contributed by atoms with Crippen LogP contribution >= 0.6 is 0 Å². The van der Waals surface area contributed by atoms with Crippen LogP contribution in [0.25, 0.3) is 0 Å². The van der Waals surface area contributed by atoms with Crippen molar-refractivity contribution in [3.63, 3.8) is 0 Å². The molecular weight excluding hydrogens is 372 g/mol. The molecular formula is C25H36N4O. The summed E-state index contributed by atoms with van der Waals surface area (Å²) < 4.78 is 0. The zero-order valence-electron chi connectivity index (χ0n) is 19.4. The van der Waals surface area contributed by atoms with E-state index in [9.17, 15) is 4.79 Å². The van der Waals surface area contributed by atoms with Crippen LogP contribution in [0.1, 0.15) is 68.2 Å². The van der Waals surface area contributed by atoms with Crippen LogP contribution in [-0.2, 0) is 11.2 Å². The zero-order valence-corrected chi connectivity index (χ0v) is 19.4. The molecule has 2 aromatic rings. The van der Waals surface area contributed by atoms with Gasteiger partial charge in [-0.05, 0) is 25.8 Å². The zero-order chi connectivity index (χ0) is 21.8. The van der Waals surface area contributed by atoms with Crippen molar-refractivity contribution in [1.82, 2.24) is 14.9 Å². The molecule has 30 heavy (non-hydrogen) atoms. The fraction of sp³-hybridized carbons (Fsp3) is 0.560. The van der Waals surface area contributed by atoms with Crippen molar-refractivity contribution in [3.8, 4) is 0 Å². The van der Waals surface area contributed by atoms with Crippen LogP contribution in [0, 0.1) is 19.8 Å². The molecule has 1 fully saturated rings. The van der Waals surface area contributed by atoms with Crippen molar-refractivity contribution in [2.24, 2.45) is 5.92 Å². The Balaban J connectivity index is 1.91. The summed E-state index contributed by atoms with van der Waals surface area (Å²) in [7, 11) is 0. The number of nitrogens with zero attached hydrogens (tertiary/aromatic N) is 4. The topological polar surface area (TPSA) is 49.3 Å². The van der Waals surface area contributed by atoms with Gasteiger partial charge in [-0.3, -0.25) is 4.79 Å². The summed E-state index contributed by atoms with van der Waals surface area (Å²) in [6.45, 7) is 15.7. The van der Waals surface area contributed by atoms with Crippen molar-refractivity contribution in [2.45, 2.75) is 60.3 Å². The van der Waals surface area contributed by atoms with Crippen molar-refractivity contribution in [3.05, 3.63) is 52.5 Å². The van der Waals surface area contributed by atoms with E-state index in [1.165, 1.54) is 16.7 Å². The maximum atomic E-state index is 12.4. The van der Waals surface area contributed by atoms with Crippen molar-refractivity contribution in [2.75, 3.05) is 31.1 Å². The molecule has 0 unspecified atom stereocenters. The minimum absolute atomic E-state index is 0.0481. The largest absolute Gasteiger partial charge is 0.353 e. The summed E-state index contributed by atoms with van der Waals surface area (Å²) in [4.78, 5) is 26.7. The number of carbonyl (C=O) groups is 1. The summed E-state index contributed by atoms with van der Waals surface area (Å²) in [5.74, 6) is 2.61. The predicted molar refractivity (Wildman–Crippen MR) is 123 cm³/mol. The van der Waals surface area contributed by atoms with E-state index in [1.807, 2.05) is 18.7 Å². The number of carbonyl (C=O) groups excluding carboxylic acids is 1. The van der Waals surface area contributed by atoms with Gasteiger partial charge >= 0.3 is 0 Å². The fourth-order valence-electron chi connectivity index (χ4n) is 3.89.